The largest absolute Gasteiger partial charge is 0.494 e. The second kappa shape index (κ2) is 41.5. The van der Waals surface area contributed by atoms with Crippen LogP contribution in [0.25, 0.3) is 45.0 Å². The zero-order valence-electron chi connectivity index (χ0n) is 71.4. The summed E-state index contributed by atoms with van der Waals surface area (Å²) in [5.41, 5.74) is 7.51. The first-order valence-electron chi connectivity index (χ1n) is 42.3. The quantitative estimate of drug-likeness (QED) is 0.0619. The molecule has 126 heavy (non-hydrogen) atoms. The van der Waals surface area contributed by atoms with Crippen molar-refractivity contribution in [3.05, 3.63) is 205 Å². The van der Waals surface area contributed by atoms with Gasteiger partial charge >= 0.3 is 11.9 Å². The van der Waals surface area contributed by atoms with Crippen molar-refractivity contribution in [2.45, 2.75) is 179 Å². The second-order valence-electron chi connectivity index (χ2n) is 32.7. The molecule has 12 atom stereocenters. The van der Waals surface area contributed by atoms with Crippen LogP contribution in [0.4, 0.5) is 0 Å². The van der Waals surface area contributed by atoms with E-state index in [0.29, 0.717) is 93.6 Å². The number of benzene rings is 6. The van der Waals surface area contributed by atoms with E-state index in [-0.39, 0.29) is 64.8 Å². The number of carboxylic acid groups (broad SMARTS) is 2. The molecule has 9 aliphatic heterocycles. The predicted molar refractivity (Wildman–Crippen MR) is 462 cm³/mol. The lowest BCUT2D eigenvalue weighted by Gasteiger charge is -2.31. The molecule has 6 aromatic carbocycles. The molecule has 0 aliphatic carbocycles. The molecule has 0 saturated carbocycles. The van der Waals surface area contributed by atoms with Crippen LogP contribution in [0.2, 0.25) is 0 Å². The van der Waals surface area contributed by atoms with Crippen molar-refractivity contribution >= 4 is 59.2 Å². The third kappa shape index (κ3) is 22.7. The molecule has 660 valence electrons. The summed E-state index contributed by atoms with van der Waals surface area (Å²) in [6.07, 6.45) is 7.79. The third-order valence-corrected chi connectivity index (χ3v) is 23.0. The maximum Gasteiger partial charge on any atom is 0.326 e. The number of ether oxygens (including phenoxy) is 2. The van der Waals surface area contributed by atoms with E-state index in [1.54, 1.807) is 196 Å². The maximum absolute atomic E-state index is 15.1. The summed E-state index contributed by atoms with van der Waals surface area (Å²) in [4.78, 5) is 145. The summed E-state index contributed by atoms with van der Waals surface area (Å²) in [5, 5.41) is 79.7. The summed E-state index contributed by atoms with van der Waals surface area (Å²) < 4.78 is 18.8. The number of hydrogen-bond acceptors (Lipinski definition) is 22. The number of amides is 8. The first kappa shape index (κ1) is 89.8. The normalized spacial score (nSPS) is 20.5. The van der Waals surface area contributed by atoms with E-state index < -0.39 is 144 Å². The lowest BCUT2D eigenvalue weighted by molar-refractivity contribution is -0.144. The van der Waals surface area contributed by atoms with Crippen molar-refractivity contribution in [2.75, 3.05) is 40.4 Å². The van der Waals surface area contributed by atoms with Crippen LogP contribution in [-0.2, 0) is 86.7 Å². The van der Waals surface area contributed by atoms with Gasteiger partial charge in [-0.15, -0.1) is 20.4 Å². The molecular weight excluding hydrogens is 1610 g/mol. The van der Waals surface area contributed by atoms with Gasteiger partial charge in [0.15, 0.2) is 0 Å². The highest BCUT2D eigenvalue weighted by molar-refractivity contribution is 5.98. The maximum atomic E-state index is 15.1. The topological polar surface area (TPSA) is 455 Å². The molecular formula is C90H106N22O14. The van der Waals surface area contributed by atoms with Gasteiger partial charge in [-0.2, -0.15) is 0 Å². The van der Waals surface area contributed by atoms with Crippen LogP contribution in [0.15, 0.2) is 183 Å². The Kier molecular flexibility index (Phi) is 29.6. The molecule has 4 aromatic heterocycles. The lowest BCUT2D eigenvalue weighted by Crippen LogP contribution is -2.59. The number of carbonyl (C=O) groups is 10. The van der Waals surface area contributed by atoms with E-state index in [0.717, 1.165) is 11.1 Å². The van der Waals surface area contributed by atoms with Gasteiger partial charge in [-0.25, -0.2) is 19.0 Å². The van der Waals surface area contributed by atoms with Gasteiger partial charge in [-0.05, 0) is 86.3 Å². The highest BCUT2D eigenvalue weighted by Gasteiger charge is 2.47. The Morgan fingerprint density at radius 1 is 0.437 bits per heavy atom. The monoisotopic (exact) mass is 1720 g/mol. The molecule has 13 heterocycles. The Morgan fingerprint density at radius 2 is 0.778 bits per heavy atom. The molecule has 36 heteroatoms. The SMILES string of the molecule is CN[C@@H](C)C(=O)N[C@H](C(=O)N1CC2C[C@H]1C(=O)N[C@@H](Cc1ccccc1)C(=O)N[C@H](C(=O)O)Cc1ccc(cc1)OCCCn1cc(nn1)-c1ccc(cc1)-c1cn(nn1)[C@H]1C[C@@H](C(=O)N[C@@H](Cc3ccccc3)C(=O)N[C@H](C(=O)O)Cc3ccc(cc3)OCCCn3cc(nn3)-c3ccc(cc3)-c3cn2nn3)N(C(=O)[C@@H](NC(=O)[C@H](C)NC)C(C)C)C1)C(C)C. The van der Waals surface area contributed by atoms with Crippen LogP contribution < -0.4 is 52.0 Å². The Morgan fingerprint density at radius 3 is 1.11 bits per heavy atom. The van der Waals surface area contributed by atoms with Gasteiger partial charge in [0.05, 0.1) is 62.2 Å². The van der Waals surface area contributed by atoms with Crippen molar-refractivity contribution < 1.29 is 67.6 Å². The molecule has 2 fully saturated rings. The highest BCUT2D eigenvalue weighted by Crippen LogP contribution is 2.34. The number of carboxylic acids is 2. The summed E-state index contributed by atoms with van der Waals surface area (Å²) in [6.45, 7) is 11.8. The van der Waals surface area contributed by atoms with Gasteiger partial charge in [-0.3, -0.25) is 47.7 Å². The Labute approximate surface area is 727 Å². The van der Waals surface area contributed by atoms with E-state index in [9.17, 15) is 39.0 Å². The number of nitrogens with zero attached hydrogens (tertiary/aromatic N) is 14. The molecule has 20 bridgehead atoms. The van der Waals surface area contributed by atoms with Crippen molar-refractivity contribution in [2.24, 2.45) is 11.8 Å². The fourth-order valence-corrected chi connectivity index (χ4v) is 15.4. The number of likely N-dealkylation sites (tertiary alicyclic amines) is 2. The van der Waals surface area contributed by atoms with Crippen LogP contribution in [-0.4, -0.2) is 240 Å². The number of rotatable bonds is 16. The van der Waals surface area contributed by atoms with Crippen LogP contribution in [0.1, 0.15) is 102 Å². The van der Waals surface area contributed by atoms with Crippen LogP contribution >= 0.6 is 0 Å². The molecule has 0 radical (unpaired) electrons. The van der Waals surface area contributed by atoms with E-state index in [4.69, 9.17) is 9.47 Å². The van der Waals surface area contributed by atoms with Crippen molar-refractivity contribution in [1.29, 1.82) is 0 Å². The Hall–Kier alpha value is -13.9. The summed E-state index contributed by atoms with van der Waals surface area (Å²) in [5.74, 6) is -7.35. The molecule has 36 nitrogen and oxygen atoms in total. The highest BCUT2D eigenvalue weighted by atomic mass is 16.5. The Balaban J connectivity index is 0.744. The van der Waals surface area contributed by atoms with Gasteiger partial charge < -0.3 is 72.0 Å². The number of likely N-dealkylation sites (N-methyl/N-ethyl adjacent to an activating group) is 2. The van der Waals surface area contributed by atoms with Gasteiger partial charge in [0.1, 0.15) is 82.6 Å². The smallest absolute Gasteiger partial charge is 0.326 e. The fourth-order valence-electron chi connectivity index (χ4n) is 15.4. The van der Waals surface area contributed by atoms with Gasteiger partial charge in [0.25, 0.3) is 0 Å². The standard InChI is InChI=1S/C90H106N22O14/c1-53(2)79(97-81(113)55(5)91-7)87(119)109-47-65-45-77(109)85(117)93-69(41-57-17-11-9-12-18-57)83(115)95-71(89(121)122)43-59-21-33-67(34-22-59)125-39-16-38-108-50-74(100-104-108)62-27-31-64(32-28-62)76-52-112(106-102-76)66-46-78(110(48-66)88(120)80(54(3)4)98-82(114)56(6)92-8)86(118)94-70(42-58-19-13-10-14-20-58)84(116)96-72(90(123)124)44-60-23-35-68(36-24-60)126-40-15-37-107-49-73(99-103-107)61-25-29-63(30-26-61)75-51-111(65)105-101-75/h9-14,17-36,49-56,65-66,69-72,77-80,91-92H,15-16,37-48H2,1-8H3,(H,93,117)(H,94,118)(H,95,115)(H,96,116)(H,97,113)(H,98,114)(H,121,122)(H,123,124)/t55-,56-,65-,66?,69-,70-,71-,72-,77-,78-,79-,80-/m0/s1. The Bertz CT molecular complexity index is 5100. The number of nitrogens with one attached hydrogen (secondary N) is 8. The predicted octanol–water partition coefficient (Wildman–Crippen LogP) is 4.83. The molecule has 2 saturated heterocycles. The van der Waals surface area contributed by atoms with Crippen molar-refractivity contribution in [3.8, 4) is 56.5 Å². The minimum atomic E-state index is -1.45. The minimum absolute atomic E-state index is 0.0184. The minimum Gasteiger partial charge on any atom is -0.494 e. The number of aryl methyl sites for hydroxylation is 2. The molecule has 10 aromatic rings. The third-order valence-electron chi connectivity index (χ3n) is 23.0. The summed E-state index contributed by atoms with van der Waals surface area (Å²) in [7, 11) is 3.25. The first-order chi connectivity index (χ1) is 60.7. The van der Waals surface area contributed by atoms with E-state index in [1.165, 1.54) is 9.80 Å². The molecule has 19 rings (SSSR count). The van der Waals surface area contributed by atoms with E-state index in [1.807, 2.05) is 60.9 Å². The van der Waals surface area contributed by atoms with Crippen LogP contribution in [0.3, 0.4) is 0 Å². The molecule has 10 N–H and O–H groups in total. The number of aromatic nitrogens is 12. The lowest BCUT2D eigenvalue weighted by atomic mass is 10.0. The van der Waals surface area contributed by atoms with Gasteiger partial charge in [0.2, 0.25) is 47.3 Å². The molecule has 0 spiro atoms. The van der Waals surface area contributed by atoms with Crippen LogP contribution in [0.5, 0.6) is 11.5 Å². The van der Waals surface area contributed by atoms with Crippen molar-refractivity contribution in [1.82, 2.24) is 112 Å². The summed E-state index contributed by atoms with van der Waals surface area (Å²) >= 11 is 0. The van der Waals surface area contributed by atoms with Crippen LogP contribution in [0, 0.1) is 11.8 Å². The van der Waals surface area contributed by atoms with Crippen molar-refractivity contribution in [3.63, 3.8) is 0 Å². The fraction of sp³-hybridized carbons (Fsp3) is 0.400. The van der Waals surface area contributed by atoms with Gasteiger partial charge in [0, 0.05) is 99.8 Å². The van der Waals surface area contributed by atoms with Gasteiger partial charge in [-0.1, -0.05) is 182 Å². The first-order valence-corrected chi connectivity index (χ1v) is 42.3. The molecule has 1 unspecified atom stereocenters. The molecule has 8 amide bonds. The average molecular weight is 1720 g/mol. The number of aliphatic carboxylic acids is 2. The van der Waals surface area contributed by atoms with E-state index >= 15 is 19.2 Å². The number of hydrogen-bond donors (Lipinski definition) is 10. The summed E-state index contributed by atoms with van der Waals surface area (Å²) in [6, 6.07) is 33.7. The average Bonchev–Trinajstić information content (AvgIpc) is 1.64. The zero-order valence-corrected chi connectivity index (χ0v) is 71.4. The number of carbonyl (C=O) groups excluding carboxylic acids is 8. The second-order valence-corrected chi connectivity index (χ2v) is 32.7. The van der Waals surface area contributed by atoms with E-state index in [2.05, 4.69) is 83.8 Å². The zero-order chi connectivity index (χ0) is 89.2. The molecule has 9 aliphatic rings.